The van der Waals surface area contributed by atoms with E-state index in [4.69, 9.17) is 28.4 Å². The molecule has 0 aromatic heterocycles. The predicted molar refractivity (Wildman–Crippen MR) is 277 cm³/mol. The van der Waals surface area contributed by atoms with Crippen molar-refractivity contribution in [3.05, 3.63) is 12.2 Å². The summed E-state index contributed by atoms with van der Waals surface area (Å²) in [7, 11) is 0. The van der Waals surface area contributed by atoms with Crippen LogP contribution in [-0.4, -0.2) is 193 Å². The molecule has 3 aliphatic heterocycles. The van der Waals surface area contributed by atoms with E-state index >= 15 is 0 Å². The van der Waals surface area contributed by atoms with Gasteiger partial charge in [-0.3, -0.25) is 4.79 Å². The van der Waals surface area contributed by atoms with Gasteiger partial charge in [-0.2, -0.15) is 0 Å². The number of carbonyl (C=O) groups excluding carboxylic acids is 1. The molecule has 0 aliphatic carbocycles. The molecule has 0 aromatic rings. The quantitative estimate of drug-likeness (QED) is 0.0301. The van der Waals surface area contributed by atoms with Gasteiger partial charge >= 0.3 is 0 Å². The Bertz CT molecular complexity index is 1410. The molecule has 19 nitrogen and oxygen atoms in total. The molecule has 3 saturated heterocycles. The number of rotatable bonds is 42. The van der Waals surface area contributed by atoms with Crippen LogP contribution >= 0.6 is 0 Å². The minimum absolute atomic E-state index is 0.251. The Morgan fingerprint density at radius 3 is 1.31 bits per heavy atom. The van der Waals surface area contributed by atoms with Gasteiger partial charge in [-0.1, -0.05) is 167 Å². The molecule has 0 saturated carbocycles. The first kappa shape index (κ1) is 66.8. The standard InChI is InChI=1S/C55H103NO18/c1-3-5-7-9-10-11-12-13-14-15-16-17-18-19-20-21-22-23-24-25-26-27-28-29-31-33-43(61)56-38(39(60)32-30-8-6-4-2)37-69-53-49(67)46(64)51(41(35-58)71-53)74-55-50(68)47(65)52(42(36-59)72-55)73-54-48(66)45(63)44(62)40(34-57)70-54/h15-16,38-42,44-55,57-60,62-68H,3-14,17-37H2,1-2H3,(H,56,61)/b16-15-. The van der Waals surface area contributed by atoms with Crippen molar-refractivity contribution < 1.29 is 89.4 Å². The average molecular weight is 1070 g/mol. The molecule has 3 aliphatic rings. The van der Waals surface area contributed by atoms with Gasteiger partial charge in [0, 0.05) is 6.42 Å². The number of ether oxygens (including phenoxy) is 6. The summed E-state index contributed by atoms with van der Waals surface area (Å²) in [6, 6.07) is -0.879. The van der Waals surface area contributed by atoms with E-state index in [9.17, 15) is 61.0 Å². The molecule has 3 heterocycles. The number of nitrogens with one attached hydrogen (secondary N) is 1. The molecule has 0 bridgehead atoms. The van der Waals surface area contributed by atoms with Gasteiger partial charge in [0.25, 0.3) is 0 Å². The third kappa shape index (κ3) is 24.3. The topological polar surface area (TPSA) is 307 Å². The lowest BCUT2D eigenvalue weighted by atomic mass is 9.96. The van der Waals surface area contributed by atoms with Crippen molar-refractivity contribution in [2.45, 2.75) is 304 Å². The van der Waals surface area contributed by atoms with Crippen molar-refractivity contribution in [3.63, 3.8) is 0 Å². The van der Waals surface area contributed by atoms with Crippen molar-refractivity contribution in [2.24, 2.45) is 0 Å². The Kier molecular flexibility index (Phi) is 35.9. The summed E-state index contributed by atoms with van der Waals surface area (Å²) in [5.41, 5.74) is 0. The van der Waals surface area contributed by atoms with E-state index in [1.165, 1.54) is 122 Å². The highest BCUT2D eigenvalue weighted by Gasteiger charge is 2.53. The van der Waals surface area contributed by atoms with Gasteiger partial charge < -0.3 is 89.9 Å². The van der Waals surface area contributed by atoms with Crippen molar-refractivity contribution >= 4 is 5.91 Å². The molecule has 19 heteroatoms. The van der Waals surface area contributed by atoms with Crippen LogP contribution in [0.15, 0.2) is 12.2 Å². The smallest absolute Gasteiger partial charge is 0.220 e. The molecular weight excluding hydrogens is 963 g/mol. The van der Waals surface area contributed by atoms with Gasteiger partial charge in [0.15, 0.2) is 18.9 Å². The average Bonchev–Trinajstić information content (AvgIpc) is 3.40. The second-order valence-corrected chi connectivity index (χ2v) is 21.1. The lowest BCUT2D eigenvalue weighted by Crippen LogP contribution is -2.66. The van der Waals surface area contributed by atoms with E-state index in [0.29, 0.717) is 19.3 Å². The molecule has 1 amide bonds. The molecule has 17 atom stereocenters. The molecule has 436 valence electrons. The Morgan fingerprint density at radius 2 is 0.851 bits per heavy atom. The minimum Gasteiger partial charge on any atom is -0.394 e. The van der Waals surface area contributed by atoms with E-state index < -0.39 is 124 Å². The Morgan fingerprint density at radius 1 is 0.473 bits per heavy atom. The first-order chi connectivity index (χ1) is 35.8. The number of hydrogen-bond acceptors (Lipinski definition) is 18. The van der Waals surface area contributed by atoms with E-state index in [1.54, 1.807) is 0 Å². The maximum Gasteiger partial charge on any atom is 0.220 e. The summed E-state index contributed by atoms with van der Waals surface area (Å²) in [5, 5.41) is 119. The van der Waals surface area contributed by atoms with E-state index in [0.717, 1.165) is 38.5 Å². The van der Waals surface area contributed by atoms with E-state index in [-0.39, 0.29) is 18.9 Å². The van der Waals surface area contributed by atoms with Crippen LogP contribution in [0.2, 0.25) is 0 Å². The molecule has 74 heavy (non-hydrogen) atoms. The molecule has 17 unspecified atom stereocenters. The number of hydrogen-bond donors (Lipinski definition) is 12. The van der Waals surface area contributed by atoms with Crippen LogP contribution < -0.4 is 5.32 Å². The van der Waals surface area contributed by atoms with Crippen LogP contribution in [-0.2, 0) is 33.2 Å². The van der Waals surface area contributed by atoms with Gasteiger partial charge in [-0.05, 0) is 38.5 Å². The lowest BCUT2D eigenvalue weighted by molar-refractivity contribution is -0.379. The fourth-order valence-electron chi connectivity index (χ4n) is 10.0. The molecule has 3 fully saturated rings. The predicted octanol–water partition coefficient (Wildman–Crippen LogP) is 4.21. The van der Waals surface area contributed by atoms with Gasteiger partial charge in [-0.15, -0.1) is 0 Å². The molecule has 0 aromatic carbocycles. The largest absolute Gasteiger partial charge is 0.394 e. The van der Waals surface area contributed by atoms with Gasteiger partial charge in [-0.25, -0.2) is 0 Å². The van der Waals surface area contributed by atoms with Gasteiger partial charge in [0.05, 0.1) is 38.6 Å². The zero-order valence-electron chi connectivity index (χ0n) is 45.1. The van der Waals surface area contributed by atoms with Crippen molar-refractivity contribution in [1.29, 1.82) is 0 Å². The van der Waals surface area contributed by atoms with Gasteiger partial charge in [0.1, 0.15) is 73.2 Å². The monoisotopic (exact) mass is 1070 g/mol. The van der Waals surface area contributed by atoms with Crippen LogP contribution in [0.4, 0.5) is 0 Å². The highest BCUT2D eigenvalue weighted by Crippen LogP contribution is 2.33. The highest BCUT2D eigenvalue weighted by molar-refractivity contribution is 5.76. The SMILES string of the molecule is CCCCCCCCCC/C=C\CCCCCCCCCCCCCCCC(=O)NC(COC1OC(CO)C(OC2OC(CO)C(OC3OC(CO)C(O)C(O)C3O)C(O)C2O)C(O)C1O)C(O)CCCCCC. The van der Waals surface area contributed by atoms with E-state index in [2.05, 4.69) is 31.3 Å². The number of carbonyl (C=O) groups is 1. The number of unbranched alkanes of at least 4 members (excludes halogenated alkanes) is 24. The molecule has 3 rings (SSSR count). The maximum atomic E-state index is 13.2. The summed E-state index contributed by atoms with van der Waals surface area (Å²) in [4.78, 5) is 13.2. The third-order valence-corrected chi connectivity index (χ3v) is 14.8. The number of aliphatic hydroxyl groups excluding tert-OH is 11. The maximum absolute atomic E-state index is 13.2. The van der Waals surface area contributed by atoms with E-state index in [1.807, 2.05) is 0 Å². The van der Waals surface area contributed by atoms with Crippen LogP contribution in [0.1, 0.15) is 200 Å². The lowest BCUT2D eigenvalue weighted by Gasteiger charge is -2.48. The summed E-state index contributed by atoms with van der Waals surface area (Å²) in [6.07, 6.45) is 11.3. The van der Waals surface area contributed by atoms with Crippen molar-refractivity contribution in [2.75, 3.05) is 26.4 Å². The summed E-state index contributed by atoms with van der Waals surface area (Å²) < 4.78 is 34.1. The normalized spacial score (nSPS) is 31.5. The van der Waals surface area contributed by atoms with Crippen LogP contribution in [0.3, 0.4) is 0 Å². The first-order valence-corrected chi connectivity index (χ1v) is 28.9. The zero-order chi connectivity index (χ0) is 54.1. The van der Waals surface area contributed by atoms with Crippen molar-refractivity contribution in [1.82, 2.24) is 5.32 Å². The van der Waals surface area contributed by atoms with Crippen LogP contribution in [0, 0.1) is 0 Å². The number of amides is 1. The minimum atomic E-state index is -1.97. The Hall–Kier alpha value is -1.47. The van der Waals surface area contributed by atoms with Crippen LogP contribution in [0.25, 0.3) is 0 Å². The van der Waals surface area contributed by atoms with Crippen molar-refractivity contribution in [3.8, 4) is 0 Å². The first-order valence-electron chi connectivity index (χ1n) is 28.9. The number of allylic oxidation sites excluding steroid dienone is 2. The Labute approximate surface area is 442 Å². The third-order valence-electron chi connectivity index (χ3n) is 14.8. The Balaban J connectivity index is 1.35. The summed E-state index contributed by atoms with van der Waals surface area (Å²) in [6.45, 7) is 1.64. The second kappa shape index (κ2) is 39.8. The summed E-state index contributed by atoms with van der Waals surface area (Å²) >= 11 is 0. The molecular formula is C55H103NO18. The number of aliphatic hydroxyl groups is 11. The second-order valence-electron chi connectivity index (χ2n) is 21.1. The summed E-state index contributed by atoms with van der Waals surface area (Å²) in [5.74, 6) is -0.251. The fraction of sp³-hybridized carbons (Fsp3) is 0.945. The molecule has 12 N–H and O–H groups in total. The highest BCUT2D eigenvalue weighted by atomic mass is 16.8. The molecule has 0 radical (unpaired) electrons. The fourth-order valence-corrected chi connectivity index (χ4v) is 10.0. The molecule has 0 spiro atoms. The van der Waals surface area contributed by atoms with Crippen LogP contribution in [0.5, 0.6) is 0 Å². The zero-order valence-corrected chi connectivity index (χ0v) is 45.1. The van der Waals surface area contributed by atoms with Gasteiger partial charge in [0.2, 0.25) is 5.91 Å².